The van der Waals surface area contributed by atoms with Crippen molar-refractivity contribution in [3.63, 3.8) is 0 Å². The molecule has 3 rings (SSSR count). The third-order valence-electron chi connectivity index (χ3n) is 3.63. The molecule has 2 aromatic heterocycles. The van der Waals surface area contributed by atoms with Gasteiger partial charge in [0.05, 0.1) is 10.2 Å². The van der Waals surface area contributed by atoms with Crippen molar-refractivity contribution < 1.29 is 0 Å². The lowest BCUT2D eigenvalue weighted by molar-refractivity contribution is 0.437. The van der Waals surface area contributed by atoms with E-state index in [1.54, 1.807) is 11.3 Å². The zero-order chi connectivity index (χ0) is 12.7. The average Bonchev–Trinajstić information content (AvgIpc) is 2.71. The number of thiophene rings is 1. The Kier molecular flexibility index (Phi) is 3.16. The number of anilines is 1. The first-order valence-electron chi connectivity index (χ1n) is 6.31. The van der Waals surface area contributed by atoms with Crippen molar-refractivity contribution in [3.8, 4) is 0 Å². The van der Waals surface area contributed by atoms with Crippen molar-refractivity contribution in [1.82, 2.24) is 9.97 Å². The molecule has 2 aromatic rings. The maximum absolute atomic E-state index is 6.06. The van der Waals surface area contributed by atoms with Gasteiger partial charge in [-0.15, -0.1) is 11.3 Å². The van der Waals surface area contributed by atoms with Crippen LogP contribution >= 0.6 is 22.9 Å². The molecule has 0 saturated carbocycles. The summed E-state index contributed by atoms with van der Waals surface area (Å²) in [6.45, 7) is 6.53. The van der Waals surface area contributed by atoms with Gasteiger partial charge in [0.25, 0.3) is 0 Å². The second-order valence-electron chi connectivity index (χ2n) is 5.08. The third kappa shape index (κ3) is 2.08. The molecule has 0 spiro atoms. The minimum atomic E-state index is 0.359. The Morgan fingerprint density at radius 2 is 2.06 bits per heavy atom. The van der Waals surface area contributed by atoms with Crippen LogP contribution in [-0.2, 0) is 0 Å². The first-order chi connectivity index (χ1) is 8.65. The molecule has 1 aliphatic rings. The number of hydrogen-bond acceptors (Lipinski definition) is 4. The standard InChI is InChI=1S/C13H16ClN3S/c1-8-3-5-17(6-4-8)12-11-10(9(2)7-18-11)15-13(14)16-12/h7-8H,3-6H2,1-2H3. The van der Waals surface area contributed by atoms with E-state index in [1.165, 1.54) is 23.1 Å². The molecule has 0 bridgehead atoms. The van der Waals surface area contributed by atoms with Gasteiger partial charge in [0.2, 0.25) is 5.28 Å². The predicted octanol–water partition coefficient (Wildman–Crippen LogP) is 3.89. The van der Waals surface area contributed by atoms with Gasteiger partial charge in [-0.05, 0) is 48.2 Å². The minimum absolute atomic E-state index is 0.359. The second-order valence-corrected chi connectivity index (χ2v) is 6.30. The third-order valence-corrected chi connectivity index (χ3v) is 4.88. The monoisotopic (exact) mass is 281 g/mol. The molecule has 1 saturated heterocycles. The molecule has 3 nitrogen and oxygen atoms in total. The lowest BCUT2D eigenvalue weighted by Crippen LogP contribution is -2.33. The summed E-state index contributed by atoms with van der Waals surface area (Å²) in [7, 11) is 0. The number of aryl methyl sites for hydroxylation is 1. The van der Waals surface area contributed by atoms with E-state index in [9.17, 15) is 0 Å². The van der Waals surface area contributed by atoms with Gasteiger partial charge in [0, 0.05) is 13.1 Å². The summed E-state index contributed by atoms with van der Waals surface area (Å²) in [6.07, 6.45) is 2.46. The minimum Gasteiger partial charge on any atom is -0.355 e. The van der Waals surface area contributed by atoms with E-state index >= 15 is 0 Å². The van der Waals surface area contributed by atoms with E-state index in [0.29, 0.717) is 5.28 Å². The summed E-state index contributed by atoms with van der Waals surface area (Å²) in [4.78, 5) is 11.2. The van der Waals surface area contributed by atoms with E-state index in [2.05, 4.69) is 34.1 Å². The summed E-state index contributed by atoms with van der Waals surface area (Å²) in [5, 5.41) is 2.49. The van der Waals surface area contributed by atoms with Crippen molar-refractivity contribution >= 4 is 39.0 Å². The number of aromatic nitrogens is 2. The first kappa shape index (κ1) is 12.2. The van der Waals surface area contributed by atoms with Crippen LogP contribution in [0.2, 0.25) is 5.28 Å². The molecule has 5 heteroatoms. The van der Waals surface area contributed by atoms with Crippen LogP contribution in [0.4, 0.5) is 5.82 Å². The normalized spacial score (nSPS) is 17.6. The maximum Gasteiger partial charge on any atom is 0.224 e. The van der Waals surface area contributed by atoms with E-state index in [0.717, 1.165) is 30.3 Å². The molecule has 96 valence electrons. The van der Waals surface area contributed by atoms with Crippen LogP contribution in [0.5, 0.6) is 0 Å². The number of hydrogen-bond donors (Lipinski definition) is 0. The molecule has 0 amide bonds. The van der Waals surface area contributed by atoms with Gasteiger partial charge in [-0.1, -0.05) is 6.92 Å². The van der Waals surface area contributed by atoms with Gasteiger partial charge >= 0.3 is 0 Å². The SMILES string of the molecule is Cc1csc2c(N3CCC(C)CC3)nc(Cl)nc12. The fourth-order valence-electron chi connectivity index (χ4n) is 2.43. The highest BCUT2D eigenvalue weighted by molar-refractivity contribution is 7.18. The summed E-state index contributed by atoms with van der Waals surface area (Å²) < 4.78 is 1.17. The Morgan fingerprint density at radius 1 is 1.33 bits per heavy atom. The fourth-order valence-corrected chi connectivity index (χ4v) is 3.59. The van der Waals surface area contributed by atoms with Crippen molar-refractivity contribution in [3.05, 3.63) is 16.2 Å². The fraction of sp³-hybridized carbons (Fsp3) is 0.538. The molecule has 1 fully saturated rings. The van der Waals surface area contributed by atoms with E-state index in [4.69, 9.17) is 11.6 Å². The van der Waals surface area contributed by atoms with Crippen LogP contribution in [0, 0.1) is 12.8 Å². The van der Waals surface area contributed by atoms with Crippen LogP contribution in [0.15, 0.2) is 5.38 Å². The number of rotatable bonds is 1. The molecule has 0 unspecified atom stereocenters. The topological polar surface area (TPSA) is 29.0 Å². The molecule has 3 heterocycles. The van der Waals surface area contributed by atoms with Crippen LogP contribution in [-0.4, -0.2) is 23.1 Å². The lowest BCUT2D eigenvalue weighted by atomic mass is 9.99. The van der Waals surface area contributed by atoms with E-state index < -0.39 is 0 Å². The maximum atomic E-state index is 6.06. The molecule has 18 heavy (non-hydrogen) atoms. The van der Waals surface area contributed by atoms with Gasteiger partial charge in [-0.3, -0.25) is 0 Å². The molecule has 1 aliphatic heterocycles. The quantitative estimate of drug-likeness (QED) is 0.743. The van der Waals surface area contributed by atoms with Crippen LogP contribution in [0.1, 0.15) is 25.3 Å². The van der Waals surface area contributed by atoms with Crippen molar-refractivity contribution in [2.45, 2.75) is 26.7 Å². The van der Waals surface area contributed by atoms with Crippen molar-refractivity contribution in [2.75, 3.05) is 18.0 Å². The molecular weight excluding hydrogens is 266 g/mol. The molecule has 0 N–H and O–H groups in total. The Labute approximate surface area is 116 Å². The molecule has 0 radical (unpaired) electrons. The van der Waals surface area contributed by atoms with Gasteiger partial charge in [-0.25, -0.2) is 4.98 Å². The van der Waals surface area contributed by atoms with E-state index in [-0.39, 0.29) is 0 Å². The van der Waals surface area contributed by atoms with Gasteiger partial charge in [-0.2, -0.15) is 4.98 Å². The summed E-state index contributed by atoms with van der Waals surface area (Å²) in [5.41, 5.74) is 2.19. The second kappa shape index (κ2) is 4.67. The Morgan fingerprint density at radius 3 is 2.78 bits per heavy atom. The summed E-state index contributed by atoms with van der Waals surface area (Å²) in [6, 6.07) is 0. The van der Waals surface area contributed by atoms with Crippen molar-refractivity contribution in [1.29, 1.82) is 0 Å². The Bertz CT molecular complexity index is 573. The highest BCUT2D eigenvalue weighted by Gasteiger charge is 2.21. The van der Waals surface area contributed by atoms with Gasteiger partial charge in [0.15, 0.2) is 5.82 Å². The number of piperidine rings is 1. The molecule has 0 aromatic carbocycles. The summed E-state index contributed by atoms with van der Waals surface area (Å²) in [5.74, 6) is 1.84. The average molecular weight is 282 g/mol. The first-order valence-corrected chi connectivity index (χ1v) is 7.57. The lowest BCUT2D eigenvalue weighted by Gasteiger charge is -2.31. The zero-order valence-corrected chi connectivity index (χ0v) is 12.2. The molecule has 0 atom stereocenters. The number of nitrogens with zero attached hydrogens (tertiary/aromatic N) is 3. The molecular formula is C13H16ClN3S. The predicted molar refractivity (Wildman–Crippen MR) is 77.8 cm³/mol. The van der Waals surface area contributed by atoms with E-state index in [1.807, 2.05) is 0 Å². The highest BCUT2D eigenvalue weighted by Crippen LogP contribution is 2.34. The van der Waals surface area contributed by atoms with Crippen LogP contribution < -0.4 is 4.90 Å². The Hall–Kier alpha value is -0.870. The smallest absolute Gasteiger partial charge is 0.224 e. The molecule has 0 aliphatic carbocycles. The van der Waals surface area contributed by atoms with Crippen LogP contribution in [0.25, 0.3) is 10.2 Å². The van der Waals surface area contributed by atoms with Gasteiger partial charge < -0.3 is 4.90 Å². The number of halogens is 1. The van der Waals surface area contributed by atoms with Crippen molar-refractivity contribution in [2.24, 2.45) is 5.92 Å². The zero-order valence-electron chi connectivity index (χ0n) is 10.6. The largest absolute Gasteiger partial charge is 0.355 e. The number of fused-ring (bicyclic) bond motifs is 1. The highest BCUT2D eigenvalue weighted by atomic mass is 35.5. The van der Waals surface area contributed by atoms with Crippen LogP contribution in [0.3, 0.4) is 0 Å². The Balaban J connectivity index is 2.05. The van der Waals surface area contributed by atoms with Gasteiger partial charge in [0.1, 0.15) is 0 Å². The summed E-state index contributed by atoms with van der Waals surface area (Å²) >= 11 is 7.77.